The smallest absolute Gasteiger partial charge is 0.462 e. The molecule has 0 aromatic carbocycles. The Bertz CT molecular complexity index is 2370. The normalized spacial score (nSPS) is 14.6. The minimum absolute atomic E-state index is 0.0784. The second-order valence-electron chi connectivity index (χ2n) is 25.5. The zero-order valence-corrected chi connectivity index (χ0v) is 64.4. The van der Waals surface area contributed by atoms with Gasteiger partial charge >= 0.3 is 39.5 Å². The Balaban J connectivity index is 5.35. The molecular formula is C81H138O17P2. The van der Waals surface area contributed by atoms with E-state index in [1.165, 1.54) is 64.2 Å². The fraction of sp³-hybridized carbons (Fsp3) is 0.704. The van der Waals surface area contributed by atoms with Crippen molar-refractivity contribution in [3.63, 3.8) is 0 Å². The number of unbranched alkanes of at least 4 members (excludes halogenated alkanes) is 26. The number of phosphoric acid groups is 2. The molecule has 100 heavy (non-hydrogen) atoms. The number of phosphoric ester groups is 2. The van der Waals surface area contributed by atoms with E-state index >= 15 is 0 Å². The van der Waals surface area contributed by atoms with Gasteiger partial charge < -0.3 is 33.8 Å². The Morgan fingerprint density at radius 3 is 0.880 bits per heavy atom. The van der Waals surface area contributed by atoms with E-state index < -0.39 is 97.5 Å². The number of aliphatic hydroxyl groups excluding tert-OH is 1. The molecule has 0 saturated heterocycles. The monoisotopic (exact) mass is 1440 g/mol. The lowest BCUT2D eigenvalue weighted by Crippen LogP contribution is -2.30. The van der Waals surface area contributed by atoms with E-state index in [2.05, 4.69) is 137 Å². The van der Waals surface area contributed by atoms with E-state index in [0.717, 1.165) is 161 Å². The highest BCUT2D eigenvalue weighted by atomic mass is 31.2. The summed E-state index contributed by atoms with van der Waals surface area (Å²) < 4.78 is 68.4. The van der Waals surface area contributed by atoms with E-state index in [4.69, 9.17) is 37.0 Å². The quantitative estimate of drug-likeness (QED) is 0.0169. The minimum Gasteiger partial charge on any atom is -0.462 e. The van der Waals surface area contributed by atoms with E-state index in [1.54, 1.807) is 0 Å². The van der Waals surface area contributed by atoms with Crippen molar-refractivity contribution in [2.24, 2.45) is 0 Å². The molecule has 0 aliphatic rings. The van der Waals surface area contributed by atoms with Crippen molar-refractivity contribution >= 4 is 39.5 Å². The molecule has 0 rings (SSSR count). The van der Waals surface area contributed by atoms with Crippen LogP contribution in [0.4, 0.5) is 0 Å². The van der Waals surface area contributed by atoms with Gasteiger partial charge in [-0.3, -0.25) is 37.3 Å². The molecule has 0 aromatic heterocycles. The predicted molar refractivity (Wildman–Crippen MR) is 408 cm³/mol. The first-order valence-corrected chi connectivity index (χ1v) is 41.8. The number of hydrogen-bond acceptors (Lipinski definition) is 15. The summed E-state index contributed by atoms with van der Waals surface area (Å²) in [4.78, 5) is 72.8. The van der Waals surface area contributed by atoms with Crippen molar-refractivity contribution < 1.29 is 80.2 Å². The molecule has 5 atom stereocenters. The second-order valence-corrected chi connectivity index (χ2v) is 28.4. The first kappa shape index (κ1) is 95.5. The minimum atomic E-state index is -4.99. The van der Waals surface area contributed by atoms with Gasteiger partial charge in [0.2, 0.25) is 0 Å². The molecule has 0 radical (unpaired) electrons. The van der Waals surface area contributed by atoms with Crippen molar-refractivity contribution in [2.45, 2.75) is 329 Å². The molecule has 0 heterocycles. The van der Waals surface area contributed by atoms with Crippen LogP contribution in [-0.4, -0.2) is 96.7 Å². The molecule has 3 N–H and O–H groups in total. The Kier molecular flexibility index (Phi) is 69.5. The lowest BCUT2D eigenvalue weighted by Gasteiger charge is -2.21. The van der Waals surface area contributed by atoms with Gasteiger partial charge in [-0.05, 0) is 122 Å². The lowest BCUT2D eigenvalue weighted by atomic mass is 10.0. The number of ether oxygens (including phenoxy) is 4. The van der Waals surface area contributed by atoms with Gasteiger partial charge in [-0.25, -0.2) is 9.13 Å². The summed E-state index contributed by atoms with van der Waals surface area (Å²) in [6, 6.07) is 0. The van der Waals surface area contributed by atoms with Gasteiger partial charge in [-0.15, -0.1) is 0 Å². The van der Waals surface area contributed by atoms with E-state index in [1.807, 2.05) is 12.2 Å². The Morgan fingerprint density at radius 1 is 0.290 bits per heavy atom. The third-order valence-electron chi connectivity index (χ3n) is 15.9. The summed E-state index contributed by atoms with van der Waals surface area (Å²) in [6.07, 6.45) is 79.1. The third-order valence-corrected chi connectivity index (χ3v) is 17.8. The van der Waals surface area contributed by atoms with Gasteiger partial charge in [-0.2, -0.15) is 0 Å². The Morgan fingerprint density at radius 2 is 0.540 bits per heavy atom. The van der Waals surface area contributed by atoms with Crippen LogP contribution in [0.15, 0.2) is 122 Å². The van der Waals surface area contributed by atoms with Gasteiger partial charge in [0.15, 0.2) is 12.2 Å². The van der Waals surface area contributed by atoms with Crippen LogP contribution in [0.25, 0.3) is 0 Å². The van der Waals surface area contributed by atoms with Gasteiger partial charge in [-0.1, -0.05) is 284 Å². The molecule has 19 heteroatoms. The first-order valence-electron chi connectivity index (χ1n) is 38.8. The summed E-state index contributed by atoms with van der Waals surface area (Å²) in [5.74, 6) is -2.26. The highest BCUT2D eigenvalue weighted by Gasteiger charge is 2.30. The molecule has 574 valence electrons. The van der Waals surface area contributed by atoms with E-state index in [0.29, 0.717) is 32.1 Å². The summed E-state index contributed by atoms with van der Waals surface area (Å²) in [6.45, 7) is 4.53. The van der Waals surface area contributed by atoms with Crippen LogP contribution in [0.2, 0.25) is 0 Å². The molecular weight excluding hydrogens is 1310 g/mol. The average molecular weight is 1450 g/mol. The van der Waals surface area contributed by atoms with Crippen molar-refractivity contribution in [1.29, 1.82) is 0 Å². The zero-order valence-electron chi connectivity index (χ0n) is 62.6. The molecule has 5 unspecified atom stereocenters. The topological polar surface area (TPSA) is 237 Å². The molecule has 0 spiro atoms. The number of esters is 4. The second kappa shape index (κ2) is 72.8. The molecule has 0 bridgehead atoms. The molecule has 0 aliphatic carbocycles. The maximum absolute atomic E-state index is 13.1. The highest BCUT2D eigenvalue weighted by molar-refractivity contribution is 7.47. The number of carbonyl (C=O) groups excluding carboxylic acids is 4. The molecule has 0 fully saturated rings. The summed E-state index contributed by atoms with van der Waals surface area (Å²) in [7, 11) is -9.97. The highest BCUT2D eigenvalue weighted by Crippen LogP contribution is 2.45. The maximum atomic E-state index is 13.1. The number of allylic oxidation sites excluding steroid dienone is 20. The van der Waals surface area contributed by atoms with Gasteiger partial charge in [0, 0.05) is 25.7 Å². The molecule has 0 saturated carbocycles. The largest absolute Gasteiger partial charge is 0.472 e. The molecule has 17 nitrogen and oxygen atoms in total. The van der Waals surface area contributed by atoms with Crippen LogP contribution >= 0.6 is 15.6 Å². The fourth-order valence-electron chi connectivity index (χ4n) is 10.1. The molecule has 0 aromatic rings. The van der Waals surface area contributed by atoms with Gasteiger partial charge in [0.25, 0.3) is 0 Å². The SMILES string of the molecule is CC/C=C\C/C=C\C/C=C\C/C=C\C/C=C\CCCC(=O)OCC(COP(=O)(O)OCC(O)COP(=O)(O)OCC(COC(=O)CCCCCCCC/C=C\C/C=C\C/C=C\C/C=C\CC)OC(=O)CCCCCCC/C=C\CCCC)OC(=O)CCCCCCCCCCCCCCC. The zero-order chi connectivity index (χ0) is 73.2. The molecule has 0 amide bonds. The van der Waals surface area contributed by atoms with Crippen molar-refractivity contribution in [3.05, 3.63) is 122 Å². The number of hydrogen-bond donors (Lipinski definition) is 3. The predicted octanol–water partition coefficient (Wildman–Crippen LogP) is 22.3. The van der Waals surface area contributed by atoms with Crippen LogP contribution < -0.4 is 0 Å². The summed E-state index contributed by atoms with van der Waals surface area (Å²) in [5, 5.41) is 10.6. The summed E-state index contributed by atoms with van der Waals surface area (Å²) in [5.41, 5.74) is 0. The lowest BCUT2D eigenvalue weighted by molar-refractivity contribution is -0.161. The number of aliphatic hydroxyl groups is 1. The Hall–Kier alpha value is -4.54. The van der Waals surface area contributed by atoms with Crippen LogP contribution in [0, 0.1) is 0 Å². The van der Waals surface area contributed by atoms with E-state index in [9.17, 15) is 43.2 Å². The molecule has 0 aliphatic heterocycles. The van der Waals surface area contributed by atoms with Crippen LogP contribution in [-0.2, 0) is 65.4 Å². The van der Waals surface area contributed by atoms with E-state index in [-0.39, 0.29) is 25.7 Å². The van der Waals surface area contributed by atoms with Gasteiger partial charge in [0.1, 0.15) is 19.3 Å². The Labute approximate surface area is 606 Å². The number of carbonyl (C=O) groups is 4. The fourth-order valence-corrected chi connectivity index (χ4v) is 11.6. The summed E-state index contributed by atoms with van der Waals surface area (Å²) >= 11 is 0. The first-order chi connectivity index (χ1) is 48.7. The number of rotatable bonds is 72. The van der Waals surface area contributed by atoms with Crippen LogP contribution in [0.1, 0.15) is 310 Å². The standard InChI is InChI=1S/C81H138O17P2/c1-5-9-13-17-21-25-29-32-34-36-37-39-41-44-47-50-54-58-62-66-78(83)91-71-76(97-80(85)67-63-59-55-51-45-28-24-20-16-12-8-4)73-95-99(87,88)93-69-75(82)70-94-100(89,90)96-74-77(98-81(86)68-64-60-56-52-48-42-31-27-23-19-15-11-7-3)72-92-79(84)65-61-57-53-49-46-43-40-38-35-33-30-26-22-18-14-10-6-2/h9-10,13-14,20-22,24-26,32-35,37,39-40,43,49,53,75-77,82H,5-8,11-12,15-19,23,27-31,36,38,41-42,44-48,50-52,54-74H2,1-4H3,(H,87,88)(H,89,90)/b13-9-,14-10-,24-20-,25-21-,26-22-,34-32-,35-33-,39-37-,43-40-,53-49-. The van der Waals surface area contributed by atoms with Crippen molar-refractivity contribution in [3.8, 4) is 0 Å². The maximum Gasteiger partial charge on any atom is 0.472 e. The van der Waals surface area contributed by atoms with Gasteiger partial charge in [0.05, 0.1) is 26.4 Å². The van der Waals surface area contributed by atoms with Crippen LogP contribution in [0.3, 0.4) is 0 Å². The van der Waals surface area contributed by atoms with Crippen LogP contribution in [0.5, 0.6) is 0 Å². The third kappa shape index (κ3) is 71.8. The van der Waals surface area contributed by atoms with Crippen molar-refractivity contribution in [1.82, 2.24) is 0 Å². The average Bonchev–Trinajstić information content (AvgIpc) is 0.939. The van der Waals surface area contributed by atoms with Crippen molar-refractivity contribution in [2.75, 3.05) is 39.6 Å².